The molecule has 0 saturated heterocycles. The second kappa shape index (κ2) is 6.82. The van der Waals surface area contributed by atoms with E-state index in [2.05, 4.69) is 0 Å². The van der Waals surface area contributed by atoms with Gasteiger partial charge in [-0.25, -0.2) is 4.39 Å². The minimum atomic E-state index is -0.827. The molecule has 0 spiro atoms. The summed E-state index contributed by atoms with van der Waals surface area (Å²) in [5.41, 5.74) is 0.227. The summed E-state index contributed by atoms with van der Waals surface area (Å²) in [6.07, 6.45) is 0. The van der Waals surface area contributed by atoms with Crippen molar-refractivity contribution in [3.05, 3.63) is 76.3 Å². The fraction of sp³-hybridized carbons (Fsp3) is 0.238. The number of Topliss-reactive ketones (excluding diaryl/α,β-unsaturated/α-hetero) is 1. The summed E-state index contributed by atoms with van der Waals surface area (Å²) < 4.78 is 13.3. The van der Waals surface area contributed by atoms with Gasteiger partial charge in [0.2, 0.25) is 0 Å². The molecular weight excluding hydrogens is 369 g/mol. The van der Waals surface area contributed by atoms with Crippen LogP contribution in [0.2, 0.25) is 5.02 Å². The molecule has 0 aliphatic carbocycles. The minimum Gasteiger partial charge on any atom is -0.503 e. The van der Waals surface area contributed by atoms with E-state index in [0.29, 0.717) is 16.3 Å². The van der Waals surface area contributed by atoms with E-state index in [4.69, 9.17) is 11.6 Å². The van der Waals surface area contributed by atoms with Gasteiger partial charge >= 0.3 is 0 Å². The quantitative estimate of drug-likeness (QED) is 0.806. The van der Waals surface area contributed by atoms with Crippen molar-refractivity contribution in [1.29, 1.82) is 0 Å². The molecule has 1 heterocycles. The standard InChI is InChI=1S/C21H19ClFNO3/c1-21(2,3)19(26)16-17(12-4-6-13(22)7-5-12)24(20(27)18(16)25)15-10-8-14(23)9-11-15/h4-11,17,25H,1-3H3. The van der Waals surface area contributed by atoms with Gasteiger partial charge in [-0.1, -0.05) is 44.5 Å². The van der Waals surface area contributed by atoms with Crippen molar-refractivity contribution in [2.24, 2.45) is 5.41 Å². The first kappa shape index (κ1) is 19.1. The van der Waals surface area contributed by atoms with Gasteiger partial charge < -0.3 is 5.11 Å². The number of hydrogen-bond acceptors (Lipinski definition) is 3. The Hall–Kier alpha value is -2.66. The maximum absolute atomic E-state index is 13.3. The highest BCUT2D eigenvalue weighted by Crippen LogP contribution is 2.43. The van der Waals surface area contributed by atoms with Crippen molar-refractivity contribution in [1.82, 2.24) is 0 Å². The molecule has 6 heteroatoms. The topological polar surface area (TPSA) is 57.6 Å². The second-order valence-electron chi connectivity index (χ2n) is 7.45. The lowest BCUT2D eigenvalue weighted by Crippen LogP contribution is -2.32. The molecule has 1 aliphatic rings. The third kappa shape index (κ3) is 3.47. The van der Waals surface area contributed by atoms with Crippen molar-refractivity contribution >= 4 is 29.0 Å². The number of amides is 1. The molecule has 1 amide bonds. The van der Waals surface area contributed by atoms with Crippen LogP contribution in [-0.4, -0.2) is 16.8 Å². The monoisotopic (exact) mass is 387 g/mol. The van der Waals surface area contributed by atoms with Gasteiger partial charge in [0.05, 0.1) is 11.6 Å². The van der Waals surface area contributed by atoms with Crippen molar-refractivity contribution in [3.63, 3.8) is 0 Å². The van der Waals surface area contributed by atoms with E-state index in [9.17, 15) is 19.1 Å². The van der Waals surface area contributed by atoms with E-state index >= 15 is 0 Å². The maximum Gasteiger partial charge on any atom is 0.294 e. The van der Waals surface area contributed by atoms with Crippen LogP contribution in [0.5, 0.6) is 0 Å². The zero-order chi connectivity index (χ0) is 19.9. The first-order valence-corrected chi connectivity index (χ1v) is 8.81. The van der Waals surface area contributed by atoms with Crippen LogP contribution < -0.4 is 4.90 Å². The Bertz CT molecular complexity index is 927. The Morgan fingerprint density at radius 3 is 2.15 bits per heavy atom. The predicted octanol–water partition coefficient (Wildman–Crippen LogP) is 4.99. The van der Waals surface area contributed by atoms with Crippen molar-refractivity contribution in [2.45, 2.75) is 26.8 Å². The highest BCUT2D eigenvalue weighted by Gasteiger charge is 2.46. The summed E-state index contributed by atoms with van der Waals surface area (Å²) in [5.74, 6) is -2.07. The van der Waals surface area contributed by atoms with Gasteiger partial charge in [0.25, 0.3) is 5.91 Å². The van der Waals surface area contributed by atoms with E-state index in [-0.39, 0.29) is 11.4 Å². The van der Waals surface area contributed by atoms with Gasteiger partial charge in [0, 0.05) is 16.1 Å². The smallest absolute Gasteiger partial charge is 0.294 e. The number of rotatable bonds is 3. The van der Waals surface area contributed by atoms with E-state index in [0.717, 1.165) is 0 Å². The minimum absolute atomic E-state index is 0.0270. The maximum atomic E-state index is 13.3. The van der Waals surface area contributed by atoms with Crippen LogP contribution in [0.3, 0.4) is 0 Å². The number of ketones is 1. The molecule has 3 rings (SSSR count). The third-order valence-corrected chi connectivity index (χ3v) is 4.68. The molecular formula is C21H19ClFNO3. The van der Waals surface area contributed by atoms with Crippen LogP contribution in [0.25, 0.3) is 0 Å². The molecule has 1 aliphatic heterocycles. The van der Waals surface area contributed by atoms with Gasteiger partial charge in [-0.05, 0) is 42.0 Å². The molecule has 0 aromatic heterocycles. The lowest BCUT2D eigenvalue weighted by atomic mass is 9.82. The Morgan fingerprint density at radius 1 is 1.07 bits per heavy atom. The Labute approximate surface area is 161 Å². The summed E-state index contributed by atoms with van der Waals surface area (Å²) in [5, 5.41) is 11.0. The van der Waals surface area contributed by atoms with Crippen LogP contribution in [0, 0.1) is 11.2 Å². The molecule has 1 atom stereocenters. The van der Waals surface area contributed by atoms with Crippen molar-refractivity contribution < 1.29 is 19.1 Å². The summed E-state index contributed by atoms with van der Waals surface area (Å²) in [7, 11) is 0. The van der Waals surface area contributed by atoms with Gasteiger partial charge in [0.15, 0.2) is 11.5 Å². The van der Waals surface area contributed by atoms with Crippen LogP contribution >= 0.6 is 11.6 Å². The van der Waals surface area contributed by atoms with Gasteiger partial charge in [0.1, 0.15) is 5.82 Å². The highest BCUT2D eigenvalue weighted by atomic mass is 35.5. The largest absolute Gasteiger partial charge is 0.503 e. The van der Waals surface area contributed by atoms with Crippen LogP contribution in [0.1, 0.15) is 32.4 Å². The Balaban J connectivity index is 2.19. The highest BCUT2D eigenvalue weighted by molar-refractivity contribution is 6.30. The van der Waals surface area contributed by atoms with Gasteiger partial charge in [-0.2, -0.15) is 0 Å². The van der Waals surface area contributed by atoms with Gasteiger partial charge in [-0.15, -0.1) is 0 Å². The average Bonchev–Trinajstić information content (AvgIpc) is 2.86. The van der Waals surface area contributed by atoms with E-state index in [1.165, 1.54) is 29.2 Å². The van der Waals surface area contributed by atoms with Crippen LogP contribution in [0.4, 0.5) is 10.1 Å². The predicted molar refractivity (Wildman–Crippen MR) is 102 cm³/mol. The number of carbonyl (C=O) groups excluding carboxylic acids is 2. The molecule has 0 saturated carbocycles. The number of halogens is 2. The number of anilines is 1. The molecule has 0 bridgehead atoms. The van der Waals surface area contributed by atoms with Crippen LogP contribution in [-0.2, 0) is 9.59 Å². The number of carbonyl (C=O) groups is 2. The average molecular weight is 388 g/mol. The fourth-order valence-corrected chi connectivity index (χ4v) is 3.20. The number of aliphatic hydroxyl groups is 1. The Kier molecular flexibility index (Phi) is 4.82. The first-order chi connectivity index (χ1) is 12.6. The molecule has 27 heavy (non-hydrogen) atoms. The molecule has 4 nitrogen and oxygen atoms in total. The lowest BCUT2D eigenvalue weighted by Gasteiger charge is -2.29. The summed E-state index contributed by atoms with van der Waals surface area (Å²) in [4.78, 5) is 27.2. The molecule has 0 radical (unpaired) electrons. The third-order valence-electron chi connectivity index (χ3n) is 4.42. The lowest BCUT2D eigenvalue weighted by molar-refractivity contribution is -0.123. The molecule has 2 aromatic rings. The molecule has 2 aromatic carbocycles. The van der Waals surface area contributed by atoms with Crippen molar-refractivity contribution in [3.8, 4) is 0 Å². The Morgan fingerprint density at radius 2 is 1.63 bits per heavy atom. The first-order valence-electron chi connectivity index (χ1n) is 8.44. The van der Waals surface area contributed by atoms with Crippen LogP contribution in [0.15, 0.2) is 59.9 Å². The van der Waals surface area contributed by atoms with Crippen molar-refractivity contribution in [2.75, 3.05) is 4.90 Å². The second-order valence-corrected chi connectivity index (χ2v) is 7.88. The summed E-state index contributed by atoms with van der Waals surface area (Å²) in [6, 6.07) is 11.2. The van der Waals surface area contributed by atoms with E-state index < -0.39 is 28.9 Å². The molecule has 1 unspecified atom stereocenters. The molecule has 140 valence electrons. The number of benzene rings is 2. The number of nitrogens with zero attached hydrogens (tertiary/aromatic N) is 1. The SMILES string of the molecule is CC(C)(C)C(=O)C1=C(O)C(=O)N(c2ccc(F)cc2)C1c1ccc(Cl)cc1. The summed E-state index contributed by atoms with van der Waals surface area (Å²) in [6.45, 7) is 5.17. The number of aliphatic hydroxyl groups excluding tert-OH is 1. The number of hydrogen-bond donors (Lipinski definition) is 1. The summed E-state index contributed by atoms with van der Waals surface area (Å²) >= 11 is 5.97. The van der Waals surface area contributed by atoms with Gasteiger partial charge in [-0.3, -0.25) is 14.5 Å². The zero-order valence-corrected chi connectivity index (χ0v) is 15.9. The normalized spacial score (nSPS) is 17.6. The van der Waals surface area contributed by atoms with E-state index in [1.54, 1.807) is 45.0 Å². The molecule has 1 N–H and O–H groups in total. The molecule has 0 fully saturated rings. The zero-order valence-electron chi connectivity index (χ0n) is 15.2. The van der Waals surface area contributed by atoms with E-state index in [1.807, 2.05) is 0 Å². The fourth-order valence-electron chi connectivity index (χ4n) is 3.07.